The molecule has 0 radical (unpaired) electrons. The molecule has 42 heavy (non-hydrogen) atoms. The maximum absolute atomic E-state index is 14.2. The minimum atomic E-state index is -1.03. The third kappa shape index (κ3) is 9.14. The van der Waals surface area contributed by atoms with Crippen molar-refractivity contribution in [2.24, 2.45) is 5.10 Å². The first-order valence-electron chi connectivity index (χ1n) is 14.1. The predicted molar refractivity (Wildman–Crippen MR) is 160 cm³/mol. The minimum absolute atomic E-state index is 0.000737. The van der Waals surface area contributed by atoms with Gasteiger partial charge < -0.3 is 14.6 Å². The number of hydrazone groups is 1. The molecule has 0 aliphatic carbocycles. The van der Waals surface area contributed by atoms with E-state index in [0.29, 0.717) is 37.2 Å². The van der Waals surface area contributed by atoms with E-state index in [4.69, 9.17) is 9.47 Å². The lowest BCUT2D eigenvalue weighted by Gasteiger charge is -2.27. The van der Waals surface area contributed by atoms with E-state index in [1.165, 1.54) is 25.3 Å². The highest BCUT2D eigenvalue weighted by atomic mass is 19.2. The number of rotatable bonds is 15. The number of amides is 1. The van der Waals surface area contributed by atoms with Crippen LogP contribution in [0.1, 0.15) is 60.5 Å². The fraction of sp³-hybridized carbons (Fsp3) is 0.516. The van der Waals surface area contributed by atoms with Crippen LogP contribution in [-0.2, 0) is 9.53 Å². The number of hydrogen-bond acceptors (Lipinski definition) is 7. The number of ether oxygens (including phenoxy) is 2. The van der Waals surface area contributed by atoms with Crippen LogP contribution < -0.4 is 4.74 Å². The van der Waals surface area contributed by atoms with E-state index < -0.39 is 29.3 Å². The summed E-state index contributed by atoms with van der Waals surface area (Å²) in [6.45, 7) is 15.5. The standard InChI is InChI=1S/C31H44F2N4O5/c1-9-24(29(38)39)12-11-23(6)36-20-31(7,42-30(36)40)15-17-35(10-2)18-16-34-37(21(3)4)19-22(5)25-13-14-26(32)27(33)28(25)41-8/h9,11-14,16,19,21,23H,10,15,17-18,20H2,1-8H3,(H,38,39)/b12-11-,22-19+,24-9+,34-16+. The summed E-state index contributed by atoms with van der Waals surface area (Å²) in [5, 5.41) is 15.6. The Kier molecular flexibility index (Phi) is 12.7. The molecule has 1 heterocycles. The van der Waals surface area contributed by atoms with Crippen molar-refractivity contribution in [1.29, 1.82) is 0 Å². The molecular weight excluding hydrogens is 546 g/mol. The van der Waals surface area contributed by atoms with Gasteiger partial charge in [0.1, 0.15) is 5.60 Å². The summed E-state index contributed by atoms with van der Waals surface area (Å²) in [7, 11) is 1.30. The number of allylic oxidation sites excluding steroid dienone is 2. The van der Waals surface area contributed by atoms with Crippen molar-refractivity contribution in [2.75, 3.05) is 33.3 Å². The highest BCUT2D eigenvalue weighted by Crippen LogP contribution is 2.31. The number of cyclic esters (lactones) is 1. The molecule has 1 saturated heterocycles. The van der Waals surface area contributed by atoms with Crippen LogP contribution in [0.5, 0.6) is 5.75 Å². The van der Waals surface area contributed by atoms with E-state index in [1.54, 1.807) is 42.2 Å². The van der Waals surface area contributed by atoms with Crippen LogP contribution >= 0.6 is 0 Å². The van der Waals surface area contributed by atoms with Crippen LogP contribution in [0.25, 0.3) is 5.57 Å². The number of methoxy groups -OCH3 is 1. The van der Waals surface area contributed by atoms with Gasteiger partial charge >= 0.3 is 12.1 Å². The molecule has 0 spiro atoms. The Bertz CT molecular complexity index is 1230. The molecule has 1 fully saturated rings. The van der Waals surface area contributed by atoms with Gasteiger partial charge in [0.2, 0.25) is 5.82 Å². The maximum Gasteiger partial charge on any atom is 0.411 e. The molecule has 232 valence electrons. The van der Waals surface area contributed by atoms with E-state index >= 15 is 0 Å². The van der Waals surface area contributed by atoms with Crippen molar-refractivity contribution >= 4 is 23.9 Å². The molecule has 1 N–H and O–H groups in total. The molecule has 1 aromatic rings. The second kappa shape index (κ2) is 15.5. The molecule has 2 rings (SSSR count). The van der Waals surface area contributed by atoms with Crippen LogP contribution in [-0.4, -0.2) is 89.2 Å². The van der Waals surface area contributed by atoms with Crippen LogP contribution in [0.2, 0.25) is 0 Å². The largest absolute Gasteiger partial charge is 0.493 e. The van der Waals surface area contributed by atoms with Crippen LogP contribution in [0.4, 0.5) is 13.6 Å². The summed E-state index contributed by atoms with van der Waals surface area (Å²) in [6.07, 6.45) is 8.42. The first kappa shape index (κ1) is 34.5. The number of carbonyl (C=O) groups excluding carboxylic acids is 1. The van der Waals surface area contributed by atoms with Crippen LogP contribution in [0.3, 0.4) is 0 Å². The zero-order valence-electron chi connectivity index (χ0n) is 25.9. The van der Waals surface area contributed by atoms with Crippen molar-refractivity contribution in [2.45, 2.75) is 72.6 Å². The number of aliphatic carboxylic acids is 1. The Hall–Kier alpha value is -3.73. The van der Waals surface area contributed by atoms with Gasteiger partial charge in [-0.05, 0) is 65.8 Å². The molecule has 2 atom stereocenters. The first-order chi connectivity index (χ1) is 19.8. The van der Waals surface area contributed by atoms with Gasteiger partial charge in [0, 0.05) is 43.5 Å². The third-order valence-corrected chi connectivity index (χ3v) is 7.17. The normalized spacial score (nSPS) is 19.0. The van der Waals surface area contributed by atoms with Crippen molar-refractivity contribution in [3.63, 3.8) is 0 Å². The Morgan fingerprint density at radius 1 is 1.31 bits per heavy atom. The molecule has 0 saturated carbocycles. The molecule has 1 aliphatic heterocycles. The van der Waals surface area contributed by atoms with Gasteiger partial charge in [0.15, 0.2) is 11.6 Å². The molecule has 0 bridgehead atoms. The minimum Gasteiger partial charge on any atom is -0.493 e. The summed E-state index contributed by atoms with van der Waals surface area (Å²) < 4.78 is 38.7. The number of nitrogens with zero attached hydrogens (tertiary/aromatic N) is 4. The van der Waals surface area contributed by atoms with E-state index in [1.807, 2.05) is 34.6 Å². The smallest absolute Gasteiger partial charge is 0.411 e. The second-order valence-corrected chi connectivity index (χ2v) is 10.8. The van der Waals surface area contributed by atoms with E-state index in [-0.39, 0.29) is 23.4 Å². The van der Waals surface area contributed by atoms with Crippen LogP contribution in [0.15, 0.2) is 47.2 Å². The number of carbonyl (C=O) groups is 2. The summed E-state index contributed by atoms with van der Waals surface area (Å²) in [5.74, 6) is -3.18. The van der Waals surface area contributed by atoms with E-state index in [0.717, 1.165) is 12.6 Å². The van der Waals surface area contributed by atoms with Crippen molar-refractivity contribution in [3.8, 4) is 5.75 Å². The Labute approximate surface area is 247 Å². The molecular formula is C31H44F2N4O5. The quantitative estimate of drug-likeness (QED) is 0.117. The van der Waals surface area contributed by atoms with E-state index in [9.17, 15) is 23.5 Å². The van der Waals surface area contributed by atoms with Crippen LogP contribution in [0, 0.1) is 11.6 Å². The molecule has 0 aromatic heterocycles. The Balaban J connectivity index is 2.03. The highest BCUT2D eigenvalue weighted by molar-refractivity contribution is 5.89. The second-order valence-electron chi connectivity index (χ2n) is 10.8. The zero-order valence-corrected chi connectivity index (χ0v) is 25.9. The number of hydrogen-bond donors (Lipinski definition) is 1. The first-order valence-corrected chi connectivity index (χ1v) is 14.1. The van der Waals surface area contributed by atoms with Gasteiger partial charge in [-0.2, -0.15) is 9.49 Å². The number of halogens is 2. The van der Waals surface area contributed by atoms with E-state index in [2.05, 4.69) is 10.0 Å². The summed E-state index contributed by atoms with van der Waals surface area (Å²) in [4.78, 5) is 27.6. The Morgan fingerprint density at radius 3 is 2.57 bits per heavy atom. The lowest BCUT2D eigenvalue weighted by Crippen LogP contribution is -2.39. The number of benzene rings is 1. The van der Waals surface area contributed by atoms with Crippen molar-refractivity contribution in [1.82, 2.24) is 14.8 Å². The molecule has 2 unspecified atom stereocenters. The molecule has 1 aliphatic rings. The highest BCUT2D eigenvalue weighted by Gasteiger charge is 2.42. The zero-order chi connectivity index (χ0) is 31.6. The lowest BCUT2D eigenvalue weighted by atomic mass is 10.0. The fourth-order valence-electron chi connectivity index (χ4n) is 4.45. The monoisotopic (exact) mass is 590 g/mol. The van der Waals surface area contributed by atoms with Gasteiger partial charge in [-0.25, -0.2) is 14.0 Å². The lowest BCUT2D eigenvalue weighted by molar-refractivity contribution is -0.132. The number of carboxylic acids is 1. The average Bonchev–Trinajstić information content (AvgIpc) is 3.25. The maximum atomic E-state index is 14.2. The van der Waals surface area contributed by atoms with Gasteiger partial charge in [0.05, 0.1) is 25.3 Å². The average molecular weight is 591 g/mol. The van der Waals surface area contributed by atoms with Gasteiger partial charge in [-0.3, -0.25) is 14.8 Å². The molecule has 1 amide bonds. The summed E-state index contributed by atoms with van der Waals surface area (Å²) in [5.41, 5.74) is 0.573. The Morgan fingerprint density at radius 2 is 2.00 bits per heavy atom. The third-order valence-electron chi connectivity index (χ3n) is 7.17. The summed E-state index contributed by atoms with van der Waals surface area (Å²) >= 11 is 0. The van der Waals surface area contributed by atoms with Gasteiger partial charge in [-0.15, -0.1) is 0 Å². The van der Waals surface area contributed by atoms with Crippen molar-refractivity contribution in [3.05, 3.63) is 59.3 Å². The molecule has 9 nitrogen and oxygen atoms in total. The fourth-order valence-corrected chi connectivity index (χ4v) is 4.45. The topological polar surface area (TPSA) is 94.9 Å². The molecule has 1 aromatic carbocycles. The van der Waals surface area contributed by atoms with Gasteiger partial charge in [-0.1, -0.05) is 25.2 Å². The predicted octanol–water partition coefficient (Wildman–Crippen LogP) is 5.93. The molecule has 11 heteroatoms. The summed E-state index contributed by atoms with van der Waals surface area (Å²) in [6, 6.07) is 2.23. The van der Waals surface area contributed by atoms with Crippen molar-refractivity contribution < 1.29 is 33.0 Å². The van der Waals surface area contributed by atoms with Gasteiger partial charge in [0.25, 0.3) is 0 Å². The number of carboxylic acid groups (broad SMARTS) is 1. The SMILES string of the molecule is C/C=C(\C=C/C(C)N1CC(C)(CCN(CC)C/C=N/N(/C=C(\C)c2ccc(F)c(F)c2OC)C(C)C)OC1=O)C(=O)O.